The summed E-state index contributed by atoms with van der Waals surface area (Å²) in [5, 5.41) is 19.4. The quantitative estimate of drug-likeness (QED) is 0.540. The zero-order valence-electron chi connectivity index (χ0n) is 9.06. The van der Waals surface area contributed by atoms with E-state index in [2.05, 4.69) is 0 Å². The number of anilines is 1. The molecule has 0 amide bonds. The van der Waals surface area contributed by atoms with Gasteiger partial charge < -0.3 is 20.7 Å². The van der Waals surface area contributed by atoms with E-state index >= 15 is 0 Å². The number of alkyl halides is 1. The molecule has 4 N–H and O–H groups in total. The largest absolute Gasteiger partial charge is 0.497 e. The van der Waals surface area contributed by atoms with Crippen molar-refractivity contribution >= 4 is 17.3 Å². The summed E-state index contributed by atoms with van der Waals surface area (Å²) in [6.45, 7) is 0. The molecule has 0 aliphatic heterocycles. The molecule has 2 unspecified atom stereocenters. The van der Waals surface area contributed by atoms with Gasteiger partial charge in [0, 0.05) is 23.2 Å². The summed E-state index contributed by atoms with van der Waals surface area (Å²) in [4.78, 5) is 0. The van der Waals surface area contributed by atoms with Crippen LogP contribution in [-0.4, -0.2) is 29.3 Å². The van der Waals surface area contributed by atoms with Crippen molar-refractivity contribution in [2.24, 2.45) is 0 Å². The van der Waals surface area contributed by atoms with Crippen LogP contribution in [0.5, 0.6) is 5.75 Å². The summed E-state index contributed by atoms with van der Waals surface area (Å²) in [5.74, 6) is 0.897. The smallest absolute Gasteiger partial charge is 0.120 e. The third kappa shape index (κ3) is 3.01. The van der Waals surface area contributed by atoms with Crippen LogP contribution < -0.4 is 10.5 Å². The minimum absolute atomic E-state index is 0.286. The Labute approximate surface area is 99.6 Å². The highest BCUT2D eigenvalue weighted by molar-refractivity contribution is 6.17. The molecule has 1 rings (SSSR count). The van der Waals surface area contributed by atoms with E-state index in [4.69, 9.17) is 22.1 Å². The van der Waals surface area contributed by atoms with Crippen LogP contribution in [0, 0.1) is 0 Å². The minimum Gasteiger partial charge on any atom is -0.497 e. The number of hydrogen-bond acceptors (Lipinski definition) is 4. The molecular weight excluding hydrogens is 230 g/mol. The normalized spacial score (nSPS) is 14.5. The Kier molecular flexibility index (Phi) is 4.86. The van der Waals surface area contributed by atoms with E-state index in [0.717, 1.165) is 0 Å². The van der Waals surface area contributed by atoms with Crippen LogP contribution in [0.2, 0.25) is 0 Å². The fourth-order valence-electron chi connectivity index (χ4n) is 1.43. The van der Waals surface area contributed by atoms with Crippen LogP contribution in [-0.2, 0) is 0 Å². The lowest BCUT2D eigenvalue weighted by molar-refractivity contribution is 0.0174. The first-order valence-corrected chi connectivity index (χ1v) is 5.49. The third-order valence-corrected chi connectivity index (χ3v) is 2.60. The second kappa shape index (κ2) is 5.94. The Morgan fingerprint density at radius 2 is 2.12 bits per heavy atom. The molecule has 5 heteroatoms. The van der Waals surface area contributed by atoms with Gasteiger partial charge in [-0.2, -0.15) is 0 Å². The number of benzene rings is 1. The topological polar surface area (TPSA) is 75.7 Å². The SMILES string of the molecule is COc1ccc(C(O)C(O)CCCl)c(N)c1. The lowest BCUT2D eigenvalue weighted by atomic mass is 10.0. The monoisotopic (exact) mass is 245 g/mol. The number of halogens is 1. The van der Waals surface area contributed by atoms with Crippen LogP contribution in [0.4, 0.5) is 5.69 Å². The first-order valence-electron chi connectivity index (χ1n) is 4.95. The number of nitrogen functional groups attached to an aromatic ring is 1. The predicted molar refractivity (Wildman–Crippen MR) is 63.7 cm³/mol. The van der Waals surface area contributed by atoms with E-state index in [0.29, 0.717) is 23.4 Å². The summed E-state index contributed by atoms with van der Waals surface area (Å²) in [5.41, 5.74) is 6.62. The molecule has 4 nitrogen and oxygen atoms in total. The Hall–Kier alpha value is -0.970. The predicted octanol–water partition coefficient (Wildman–Crippen LogP) is 1.30. The minimum atomic E-state index is -1.02. The summed E-state index contributed by atoms with van der Waals surface area (Å²) in [7, 11) is 1.53. The molecule has 0 bridgehead atoms. The number of aliphatic hydroxyl groups excluding tert-OH is 2. The van der Waals surface area contributed by atoms with E-state index in [1.807, 2.05) is 0 Å². The Morgan fingerprint density at radius 1 is 1.44 bits per heavy atom. The standard InChI is InChI=1S/C11H16ClNO3/c1-16-7-2-3-8(9(13)6-7)11(15)10(14)4-5-12/h2-3,6,10-11,14-15H,4-5,13H2,1H3. The van der Waals surface area contributed by atoms with Gasteiger partial charge in [0.1, 0.15) is 11.9 Å². The van der Waals surface area contributed by atoms with Crippen LogP contribution in [0.1, 0.15) is 18.1 Å². The average molecular weight is 246 g/mol. The number of nitrogens with two attached hydrogens (primary N) is 1. The molecule has 1 aromatic carbocycles. The third-order valence-electron chi connectivity index (χ3n) is 2.38. The van der Waals surface area contributed by atoms with E-state index in [9.17, 15) is 10.2 Å². The zero-order valence-corrected chi connectivity index (χ0v) is 9.81. The maximum absolute atomic E-state index is 9.84. The van der Waals surface area contributed by atoms with Crippen molar-refractivity contribution in [3.05, 3.63) is 23.8 Å². The number of aliphatic hydroxyl groups is 2. The number of rotatable bonds is 5. The maximum Gasteiger partial charge on any atom is 0.120 e. The molecule has 0 saturated carbocycles. The van der Waals surface area contributed by atoms with Crippen LogP contribution in [0.3, 0.4) is 0 Å². The zero-order chi connectivity index (χ0) is 12.1. The molecule has 2 atom stereocenters. The summed E-state index contributed by atoms with van der Waals surface area (Å²) in [6.07, 6.45) is -1.62. The highest BCUT2D eigenvalue weighted by Crippen LogP contribution is 2.28. The lowest BCUT2D eigenvalue weighted by Gasteiger charge is -2.19. The van der Waals surface area contributed by atoms with Crippen molar-refractivity contribution in [3.8, 4) is 5.75 Å². The van der Waals surface area contributed by atoms with Gasteiger partial charge in [-0.05, 0) is 12.5 Å². The van der Waals surface area contributed by atoms with Crippen molar-refractivity contribution in [3.63, 3.8) is 0 Å². The molecule has 0 fully saturated rings. The Bertz CT molecular complexity index is 346. The van der Waals surface area contributed by atoms with Crippen molar-refractivity contribution in [2.75, 3.05) is 18.7 Å². The Morgan fingerprint density at radius 3 is 2.62 bits per heavy atom. The first-order chi connectivity index (χ1) is 7.60. The average Bonchev–Trinajstić information content (AvgIpc) is 2.28. The van der Waals surface area contributed by atoms with Gasteiger partial charge in [0.2, 0.25) is 0 Å². The van der Waals surface area contributed by atoms with Crippen molar-refractivity contribution in [1.82, 2.24) is 0 Å². The van der Waals surface area contributed by atoms with Gasteiger partial charge in [-0.1, -0.05) is 6.07 Å². The fourth-order valence-corrected chi connectivity index (χ4v) is 1.65. The summed E-state index contributed by atoms with van der Waals surface area (Å²) < 4.78 is 4.99. The summed E-state index contributed by atoms with van der Waals surface area (Å²) in [6, 6.07) is 4.92. The second-order valence-electron chi connectivity index (χ2n) is 3.48. The molecule has 0 aromatic heterocycles. The van der Waals surface area contributed by atoms with Crippen molar-refractivity contribution < 1.29 is 14.9 Å². The van der Waals surface area contributed by atoms with Crippen LogP contribution >= 0.6 is 11.6 Å². The number of methoxy groups -OCH3 is 1. The second-order valence-corrected chi connectivity index (χ2v) is 3.86. The van der Waals surface area contributed by atoms with Crippen molar-refractivity contribution in [2.45, 2.75) is 18.6 Å². The molecular formula is C11H16ClNO3. The lowest BCUT2D eigenvalue weighted by Crippen LogP contribution is -2.19. The van der Waals surface area contributed by atoms with Gasteiger partial charge in [0.25, 0.3) is 0 Å². The van der Waals surface area contributed by atoms with Gasteiger partial charge in [0.15, 0.2) is 0 Å². The molecule has 0 saturated heterocycles. The van der Waals surface area contributed by atoms with Gasteiger partial charge in [0.05, 0.1) is 13.2 Å². The molecule has 1 aromatic rings. The molecule has 0 radical (unpaired) electrons. The highest BCUT2D eigenvalue weighted by Gasteiger charge is 2.20. The molecule has 16 heavy (non-hydrogen) atoms. The molecule has 0 spiro atoms. The van der Waals surface area contributed by atoms with Crippen LogP contribution in [0.25, 0.3) is 0 Å². The molecule has 0 aliphatic carbocycles. The van der Waals surface area contributed by atoms with Crippen molar-refractivity contribution in [1.29, 1.82) is 0 Å². The van der Waals surface area contributed by atoms with E-state index in [-0.39, 0.29) is 5.88 Å². The van der Waals surface area contributed by atoms with Gasteiger partial charge in [-0.15, -0.1) is 11.6 Å². The molecule has 0 heterocycles. The summed E-state index contributed by atoms with van der Waals surface area (Å²) >= 11 is 5.49. The van der Waals surface area contributed by atoms with Gasteiger partial charge >= 0.3 is 0 Å². The fraction of sp³-hybridized carbons (Fsp3) is 0.455. The maximum atomic E-state index is 9.84. The van der Waals surface area contributed by atoms with Gasteiger partial charge in [-0.3, -0.25) is 0 Å². The molecule has 90 valence electrons. The number of hydrogen-bond donors (Lipinski definition) is 3. The van der Waals surface area contributed by atoms with E-state index in [1.165, 1.54) is 7.11 Å². The van der Waals surface area contributed by atoms with Crippen LogP contribution in [0.15, 0.2) is 18.2 Å². The van der Waals surface area contributed by atoms with E-state index < -0.39 is 12.2 Å². The van der Waals surface area contributed by atoms with E-state index in [1.54, 1.807) is 18.2 Å². The first kappa shape index (κ1) is 13.1. The van der Waals surface area contributed by atoms with Gasteiger partial charge in [-0.25, -0.2) is 0 Å². The molecule has 0 aliphatic rings. The highest BCUT2D eigenvalue weighted by atomic mass is 35.5. The Balaban J connectivity index is 2.87. The number of ether oxygens (including phenoxy) is 1.